The zero-order valence-electron chi connectivity index (χ0n) is 58.8. The first kappa shape index (κ1) is 87.4. The van der Waals surface area contributed by atoms with E-state index in [1.165, 1.54) is 0 Å². The van der Waals surface area contributed by atoms with Gasteiger partial charge < -0.3 is 97.8 Å². The van der Waals surface area contributed by atoms with Gasteiger partial charge in [-0.15, -0.1) is 0 Å². The van der Waals surface area contributed by atoms with Gasteiger partial charge in [-0.1, -0.05) is 95.9 Å². The molecule has 0 radical (unpaired) electrons. The number of aliphatic hydroxyl groups excluding tert-OH is 2. The van der Waals surface area contributed by atoms with Crippen LogP contribution in [0.15, 0.2) is 9.98 Å². The summed E-state index contributed by atoms with van der Waals surface area (Å²) < 4.78 is 0. The highest BCUT2D eigenvalue weighted by Gasteiger charge is 2.43. The molecule has 98 heavy (non-hydrogen) atoms. The number of nitrogens with two attached hydrogens (primary N) is 6. The van der Waals surface area contributed by atoms with Crippen molar-refractivity contribution in [3.05, 3.63) is 0 Å². The Hall–Kier alpha value is -8.64. The SMILES string of the molecule is CC[C@H](C)[C@H](NC(=O)[C@H](CC(C)C)NC(=O)[C@@H](N)CO)C(=O)NCC(=O)N[C@@H](CCCN=C(N)N)C(=O)N[C@@H](CC(C)C)C(=O)N1CC(=O)N(C(=O)[C@H](CC(C)C)NC(=O)[C@H](CCCN=C(N)N)NC(=O)CNC(=O)[C@@H](NC(=O)[C@H](CC(C)C)NC(=O)[C@@H](N)CO)[C@@H](C)CC)CC1=O. The average molecular weight is 1390 g/mol. The minimum absolute atomic E-state index is 0.00576. The normalized spacial score (nSPS) is 16.0. The van der Waals surface area contributed by atoms with Crippen LogP contribution < -0.4 is 87.6 Å². The van der Waals surface area contributed by atoms with Gasteiger partial charge in [-0.2, -0.15) is 0 Å². The smallest absolute Gasteiger partial charge is 0.252 e. The third-order valence-electron chi connectivity index (χ3n) is 15.7. The van der Waals surface area contributed by atoms with Crippen molar-refractivity contribution in [2.24, 2.45) is 79.9 Å². The Labute approximate surface area is 573 Å². The summed E-state index contributed by atoms with van der Waals surface area (Å²) in [5, 5.41) is 44.3. The Morgan fingerprint density at radius 1 is 0.418 bits per heavy atom. The second-order valence-electron chi connectivity index (χ2n) is 26.3. The van der Waals surface area contributed by atoms with Gasteiger partial charge in [0.15, 0.2) is 11.9 Å². The standard InChI is InChI=1S/C62H112N20O16/c1-13-35(11)49(79-55(93)41(21-31(3)4)75-51(89)37(63)29-83)57(95)71-25-45(85)73-39(17-15-19-69-61(65)66)53(91)77-43(23-33(7)8)59(97)81-27-48(88)82(28-47(81)87)60(98)44(24-34(9)10)78-54(92)40(18-16-20-70-62(67)68)74-46(86)26-72-58(96)50(36(12)14-2)80-56(94)42(22-32(5)6)76-52(90)38(64)30-84/h31-44,49-50,83-84H,13-30,63-64H2,1-12H3,(H,71,95)(H,72,96)(H,73,85)(H,74,86)(H,75,89)(H,76,90)(H,77,91)(H,78,92)(H,79,93)(H,80,94)(H4,65,66,69)(H4,67,68,70)/t35-,36-,37-,38-,39-,40-,41-,42-,43-,44-,49-,50-/m0/s1. The van der Waals surface area contributed by atoms with Crippen LogP contribution in [0.2, 0.25) is 0 Å². The van der Waals surface area contributed by atoms with Crippen molar-refractivity contribution in [1.29, 1.82) is 0 Å². The number of hydrogen-bond acceptors (Lipinski definition) is 20. The first-order chi connectivity index (χ1) is 45.8. The fourth-order valence-electron chi connectivity index (χ4n) is 9.96. The molecule has 0 aromatic heterocycles. The molecule has 0 spiro atoms. The molecular weight excluding hydrogens is 1280 g/mol. The molecule has 1 rings (SSSR count). The zero-order valence-corrected chi connectivity index (χ0v) is 58.8. The third-order valence-corrected chi connectivity index (χ3v) is 15.7. The molecule has 0 saturated carbocycles. The summed E-state index contributed by atoms with van der Waals surface area (Å²) in [7, 11) is 0. The monoisotopic (exact) mass is 1390 g/mol. The van der Waals surface area contributed by atoms with Crippen LogP contribution in [0.5, 0.6) is 0 Å². The van der Waals surface area contributed by atoms with Gasteiger partial charge >= 0.3 is 0 Å². The maximum absolute atomic E-state index is 14.4. The van der Waals surface area contributed by atoms with Crippen molar-refractivity contribution in [2.75, 3.05) is 52.5 Å². The van der Waals surface area contributed by atoms with Crippen molar-refractivity contribution < 1.29 is 77.3 Å². The van der Waals surface area contributed by atoms with E-state index in [-0.39, 0.29) is 100 Å². The molecule has 14 amide bonds. The lowest BCUT2D eigenvalue weighted by Gasteiger charge is -2.36. The van der Waals surface area contributed by atoms with Gasteiger partial charge in [0.1, 0.15) is 73.5 Å². The molecule has 0 aromatic carbocycles. The summed E-state index contributed by atoms with van der Waals surface area (Å²) in [4.78, 5) is 201. The summed E-state index contributed by atoms with van der Waals surface area (Å²) in [6, 6.07) is -13.2. The summed E-state index contributed by atoms with van der Waals surface area (Å²) in [5.74, 6) is -14.8. The number of nitrogens with zero attached hydrogens (tertiary/aromatic N) is 4. The number of carbonyl (C=O) groups is 14. The van der Waals surface area contributed by atoms with E-state index < -0.39 is 194 Å². The molecule has 12 atom stereocenters. The van der Waals surface area contributed by atoms with Crippen molar-refractivity contribution >= 4 is 94.6 Å². The van der Waals surface area contributed by atoms with E-state index in [2.05, 4.69) is 63.2 Å². The first-order valence-corrected chi connectivity index (χ1v) is 33.3. The Balaban J connectivity index is 3.46. The Kier molecular flexibility index (Phi) is 39.5. The fourth-order valence-corrected chi connectivity index (χ4v) is 9.96. The molecule has 36 heteroatoms. The molecule has 1 heterocycles. The number of aliphatic imine (C=N–C) groups is 2. The molecule has 1 aliphatic rings. The predicted molar refractivity (Wildman–Crippen MR) is 362 cm³/mol. The van der Waals surface area contributed by atoms with E-state index >= 15 is 0 Å². The summed E-state index contributed by atoms with van der Waals surface area (Å²) in [6.45, 7) is 16.1. The number of carbonyl (C=O) groups excluding carboxylic acids is 14. The fraction of sp³-hybridized carbons (Fsp3) is 0.742. The van der Waals surface area contributed by atoms with E-state index in [0.29, 0.717) is 22.6 Å². The first-order valence-electron chi connectivity index (χ1n) is 33.3. The molecule has 556 valence electrons. The van der Waals surface area contributed by atoms with Crippen LogP contribution in [-0.2, 0) is 67.1 Å². The molecule has 1 aliphatic heterocycles. The van der Waals surface area contributed by atoms with Crippen LogP contribution in [0.1, 0.15) is 147 Å². The lowest BCUT2D eigenvalue weighted by atomic mass is 9.96. The van der Waals surface area contributed by atoms with Crippen LogP contribution >= 0.6 is 0 Å². The van der Waals surface area contributed by atoms with Crippen LogP contribution in [0.3, 0.4) is 0 Å². The van der Waals surface area contributed by atoms with Gasteiger partial charge in [-0.05, 0) is 86.9 Å². The Morgan fingerprint density at radius 2 is 0.704 bits per heavy atom. The Morgan fingerprint density at radius 3 is 0.980 bits per heavy atom. The van der Waals surface area contributed by atoms with Crippen LogP contribution in [-0.4, -0.2) is 228 Å². The molecule has 1 saturated heterocycles. The van der Waals surface area contributed by atoms with Crippen molar-refractivity contribution in [3.8, 4) is 0 Å². The largest absolute Gasteiger partial charge is 0.394 e. The minimum Gasteiger partial charge on any atom is -0.394 e. The number of guanidine groups is 2. The van der Waals surface area contributed by atoms with Gasteiger partial charge in [0.05, 0.1) is 26.3 Å². The van der Waals surface area contributed by atoms with Gasteiger partial charge in [0.25, 0.3) is 11.8 Å². The lowest BCUT2D eigenvalue weighted by Crippen LogP contribution is -2.64. The van der Waals surface area contributed by atoms with Gasteiger partial charge in [-0.25, -0.2) is 0 Å². The molecule has 36 nitrogen and oxygen atoms in total. The number of imide groups is 2. The van der Waals surface area contributed by atoms with Crippen molar-refractivity contribution in [3.63, 3.8) is 0 Å². The van der Waals surface area contributed by atoms with E-state index in [1.54, 1.807) is 83.1 Å². The predicted octanol–water partition coefficient (Wildman–Crippen LogP) is -6.16. The highest BCUT2D eigenvalue weighted by molar-refractivity contribution is 6.11. The number of amides is 14. The Bertz CT molecular complexity index is 2600. The number of piperazine rings is 1. The topological polar surface area (TPSA) is 587 Å². The maximum atomic E-state index is 14.4. The third kappa shape index (κ3) is 31.7. The quantitative estimate of drug-likeness (QED) is 0.0153. The van der Waals surface area contributed by atoms with E-state index in [4.69, 9.17) is 34.4 Å². The number of nitrogens with one attached hydrogen (secondary N) is 10. The maximum Gasteiger partial charge on any atom is 0.252 e. The zero-order chi connectivity index (χ0) is 74.8. The molecule has 0 unspecified atom stereocenters. The molecule has 0 aliphatic carbocycles. The molecule has 1 fully saturated rings. The van der Waals surface area contributed by atoms with Crippen molar-refractivity contribution in [2.45, 2.75) is 208 Å². The molecule has 24 N–H and O–H groups in total. The highest BCUT2D eigenvalue weighted by Crippen LogP contribution is 2.18. The number of aliphatic hydroxyl groups is 2. The van der Waals surface area contributed by atoms with Gasteiger partial charge in [0, 0.05) is 13.1 Å². The van der Waals surface area contributed by atoms with Crippen LogP contribution in [0.4, 0.5) is 0 Å². The molecular formula is C62H112N20O16. The van der Waals surface area contributed by atoms with Crippen LogP contribution in [0, 0.1) is 35.5 Å². The van der Waals surface area contributed by atoms with E-state index in [9.17, 15) is 77.3 Å². The number of rotatable bonds is 44. The molecule has 0 bridgehead atoms. The summed E-state index contributed by atoms with van der Waals surface area (Å²) >= 11 is 0. The van der Waals surface area contributed by atoms with Crippen molar-refractivity contribution in [1.82, 2.24) is 63.0 Å². The lowest BCUT2D eigenvalue weighted by molar-refractivity contribution is -0.164. The van der Waals surface area contributed by atoms with E-state index in [0.717, 1.165) is 0 Å². The second-order valence-corrected chi connectivity index (χ2v) is 26.3. The summed E-state index contributed by atoms with van der Waals surface area (Å²) in [5.41, 5.74) is 33.4. The summed E-state index contributed by atoms with van der Waals surface area (Å²) in [6.07, 6.45) is 0.786. The highest BCUT2D eigenvalue weighted by atomic mass is 16.3. The van der Waals surface area contributed by atoms with Gasteiger partial charge in [-0.3, -0.25) is 86.9 Å². The molecule has 0 aromatic rings. The van der Waals surface area contributed by atoms with E-state index in [1.807, 2.05) is 0 Å². The minimum atomic E-state index is -1.50. The average Bonchev–Trinajstić information content (AvgIpc) is 0.800. The number of hydrogen-bond donors (Lipinski definition) is 18. The second kappa shape index (κ2) is 44.3. The van der Waals surface area contributed by atoms with Gasteiger partial charge in [0.2, 0.25) is 70.9 Å². The van der Waals surface area contributed by atoms with Crippen LogP contribution in [0.25, 0.3) is 0 Å².